The predicted octanol–water partition coefficient (Wildman–Crippen LogP) is 2.56. The highest BCUT2D eigenvalue weighted by molar-refractivity contribution is 5.87. The Morgan fingerprint density at radius 2 is 1.91 bits per heavy atom. The van der Waals surface area contributed by atoms with E-state index in [1.807, 2.05) is 0 Å². The van der Waals surface area contributed by atoms with E-state index in [9.17, 15) is 19.7 Å². The average Bonchev–Trinajstić information content (AvgIpc) is 2.79. The lowest BCUT2D eigenvalue weighted by molar-refractivity contribution is -0.525. The van der Waals surface area contributed by atoms with Gasteiger partial charge in [-0.05, 0) is 82.8 Å². The molecule has 1 atom stereocenters. The monoisotopic (exact) mass is 496 g/mol. The van der Waals surface area contributed by atoms with Crippen LogP contribution >= 0.6 is 0 Å². The van der Waals surface area contributed by atoms with Crippen LogP contribution < -0.4 is 21.4 Å². The van der Waals surface area contributed by atoms with Crippen LogP contribution in [0.5, 0.6) is 0 Å². The molecule has 1 rings (SSSR count). The molecule has 11 heteroatoms. The number of guanidine groups is 1. The van der Waals surface area contributed by atoms with Crippen molar-refractivity contribution in [2.75, 3.05) is 26.2 Å². The van der Waals surface area contributed by atoms with Crippen molar-refractivity contribution in [1.82, 2.24) is 26.3 Å². The van der Waals surface area contributed by atoms with Gasteiger partial charge in [-0.2, -0.15) is 0 Å². The zero-order valence-electron chi connectivity index (χ0n) is 21.7. The highest BCUT2D eigenvalue weighted by Crippen LogP contribution is 2.22. The van der Waals surface area contributed by atoms with Gasteiger partial charge in [0.2, 0.25) is 11.8 Å². The summed E-state index contributed by atoms with van der Waals surface area (Å²) in [5, 5.41) is 25.2. The molecule has 1 aliphatic rings. The molecule has 0 aromatic carbocycles. The van der Waals surface area contributed by atoms with Crippen molar-refractivity contribution in [2.24, 2.45) is 11.8 Å². The highest BCUT2D eigenvalue weighted by atomic mass is 16.7. The summed E-state index contributed by atoms with van der Waals surface area (Å²) in [6.07, 6.45) is 8.65. The molecule has 201 valence electrons. The molecule has 1 aliphatic heterocycles. The fraction of sp³-hybridized carbons (Fsp3) is 0.833. The van der Waals surface area contributed by atoms with Gasteiger partial charge >= 0.3 is 0 Å². The molecule has 0 spiro atoms. The summed E-state index contributed by atoms with van der Waals surface area (Å²) >= 11 is 0. The van der Waals surface area contributed by atoms with Crippen LogP contribution in [0.1, 0.15) is 85.0 Å². The fourth-order valence-electron chi connectivity index (χ4n) is 4.11. The molecule has 1 saturated heterocycles. The van der Waals surface area contributed by atoms with Crippen LogP contribution in [0, 0.1) is 33.9 Å². The summed E-state index contributed by atoms with van der Waals surface area (Å²) in [5.41, 5.74) is 1.72. The molecular formula is C24H46N7O4. The Bertz CT molecular complexity index is 652. The summed E-state index contributed by atoms with van der Waals surface area (Å²) in [6.45, 7) is 11.8. The Morgan fingerprint density at radius 3 is 2.54 bits per heavy atom. The Hall–Kier alpha value is -2.43. The van der Waals surface area contributed by atoms with Crippen molar-refractivity contribution in [3.63, 3.8) is 0 Å². The molecule has 0 unspecified atom stereocenters. The van der Waals surface area contributed by atoms with Crippen molar-refractivity contribution in [2.45, 2.75) is 91.0 Å². The first-order valence-corrected chi connectivity index (χ1v) is 13.1. The lowest BCUT2D eigenvalue weighted by Crippen LogP contribution is -2.46. The largest absolute Gasteiger partial charge is 0.352 e. The zero-order valence-corrected chi connectivity index (χ0v) is 21.7. The van der Waals surface area contributed by atoms with E-state index in [4.69, 9.17) is 5.41 Å². The Labute approximate surface area is 210 Å². The number of hydrogen-bond donors (Lipinski definition) is 5. The second kappa shape index (κ2) is 17.9. The minimum atomic E-state index is -0.813. The molecule has 0 bridgehead atoms. The number of nitrogens with one attached hydrogen (secondary N) is 5. The van der Waals surface area contributed by atoms with Crippen molar-refractivity contribution in [3.8, 4) is 0 Å². The van der Waals surface area contributed by atoms with Crippen LogP contribution in [0.15, 0.2) is 0 Å². The third-order valence-corrected chi connectivity index (χ3v) is 6.21. The van der Waals surface area contributed by atoms with Crippen LogP contribution in [0.25, 0.3) is 0 Å². The topological polar surface area (TPSA) is 152 Å². The van der Waals surface area contributed by atoms with Crippen molar-refractivity contribution < 1.29 is 14.6 Å². The second-order valence-electron chi connectivity index (χ2n) is 9.81. The number of nitro groups is 1. The molecule has 1 fully saturated rings. The van der Waals surface area contributed by atoms with Gasteiger partial charge in [0.15, 0.2) is 5.03 Å². The summed E-state index contributed by atoms with van der Waals surface area (Å²) < 4.78 is 0. The second-order valence-corrected chi connectivity index (χ2v) is 9.81. The first-order valence-electron chi connectivity index (χ1n) is 13.1. The molecule has 35 heavy (non-hydrogen) atoms. The molecule has 0 aliphatic carbocycles. The Morgan fingerprint density at radius 1 is 1.20 bits per heavy atom. The lowest BCUT2D eigenvalue weighted by atomic mass is 9.91. The van der Waals surface area contributed by atoms with Gasteiger partial charge in [0.05, 0.1) is 0 Å². The molecule has 1 radical (unpaired) electrons. The van der Waals surface area contributed by atoms with E-state index < -0.39 is 17.0 Å². The van der Waals surface area contributed by atoms with Crippen molar-refractivity contribution in [3.05, 3.63) is 16.7 Å². The number of amides is 2. The fourth-order valence-corrected chi connectivity index (χ4v) is 4.11. The first kappa shape index (κ1) is 30.6. The Balaban J connectivity index is 2.40. The van der Waals surface area contributed by atoms with Crippen LogP contribution in [0.2, 0.25) is 0 Å². The van der Waals surface area contributed by atoms with E-state index >= 15 is 0 Å². The minimum absolute atomic E-state index is 0.134. The molecule has 5 N–H and O–H groups in total. The van der Waals surface area contributed by atoms with Gasteiger partial charge in [0.25, 0.3) is 5.96 Å². The maximum atomic E-state index is 12.6. The van der Waals surface area contributed by atoms with E-state index in [1.165, 1.54) is 32.2 Å². The number of unbranched alkanes of at least 4 members (excludes halogenated alkanes) is 1. The number of hydrazine groups is 1. The Kier molecular flexibility index (Phi) is 15.7. The lowest BCUT2D eigenvalue weighted by Gasteiger charge is -2.31. The molecule has 2 amide bonds. The standard InChI is InChI=1S/C24H46N7O4/c1-4-5-16-30-17-12-20(13-18-30)8-6-10-22(32)28-21(23(33)26-15-11-19(2)3)9-7-14-27-24(25)29-31(34)35/h15,19-21H,4-14,16-18H2,1-3H3,(H,26,33)(H,28,32)(H3,25,27,29)/t21-/m0/s1. The SMILES string of the molecule is CCCCN1CCC(CCCC(=O)N[C@@H](CCCNC(=N)N[N+](=O)[O-])C(=O)N[CH]CC(C)C)CC1. The number of hydrogen-bond acceptors (Lipinski definition) is 6. The predicted molar refractivity (Wildman–Crippen MR) is 137 cm³/mol. The molecule has 0 saturated carbocycles. The van der Waals surface area contributed by atoms with Crippen molar-refractivity contribution in [1.29, 1.82) is 5.41 Å². The smallest absolute Gasteiger partial charge is 0.251 e. The van der Waals surface area contributed by atoms with Gasteiger partial charge in [-0.1, -0.05) is 32.6 Å². The summed E-state index contributed by atoms with van der Waals surface area (Å²) in [5.74, 6) is 0.259. The summed E-state index contributed by atoms with van der Waals surface area (Å²) in [7, 11) is 0. The molecule has 0 aromatic heterocycles. The van der Waals surface area contributed by atoms with Gasteiger partial charge in [0.1, 0.15) is 6.04 Å². The number of likely N-dealkylation sites (tertiary alicyclic amines) is 1. The van der Waals surface area contributed by atoms with E-state index in [-0.39, 0.29) is 18.4 Å². The van der Waals surface area contributed by atoms with E-state index in [2.05, 4.69) is 41.6 Å². The van der Waals surface area contributed by atoms with Gasteiger partial charge < -0.3 is 20.9 Å². The van der Waals surface area contributed by atoms with Gasteiger partial charge in [0, 0.05) is 19.5 Å². The number of piperidine rings is 1. The number of nitrogens with zero attached hydrogens (tertiary/aromatic N) is 2. The minimum Gasteiger partial charge on any atom is -0.352 e. The summed E-state index contributed by atoms with van der Waals surface area (Å²) in [6, 6.07) is -0.688. The third-order valence-electron chi connectivity index (χ3n) is 6.21. The molecule has 0 aromatic rings. The third kappa shape index (κ3) is 15.2. The number of rotatable bonds is 17. The van der Waals surface area contributed by atoms with Gasteiger partial charge in [-0.15, -0.1) is 0 Å². The van der Waals surface area contributed by atoms with Gasteiger partial charge in [-0.25, -0.2) is 10.1 Å². The van der Waals surface area contributed by atoms with Crippen LogP contribution in [0.3, 0.4) is 0 Å². The normalized spacial score (nSPS) is 15.4. The van der Waals surface area contributed by atoms with Crippen LogP contribution in [-0.4, -0.2) is 59.9 Å². The van der Waals surface area contributed by atoms with E-state index in [1.54, 1.807) is 12.0 Å². The maximum Gasteiger partial charge on any atom is 0.251 e. The van der Waals surface area contributed by atoms with Crippen molar-refractivity contribution >= 4 is 17.8 Å². The quantitative estimate of drug-likeness (QED) is 0.0682. The molecular weight excluding hydrogens is 450 g/mol. The number of carbonyl (C=O) groups excluding carboxylic acids is 2. The zero-order chi connectivity index (χ0) is 26.1. The van der Waals surface area contributed by atoms with Crippen LogP contribution in [-0.2, 0) is 9.59 Å². The summed E-state index contributed by atoms with van der Waals surface area (Å²) in [4.78, 5) is 38.1. The molecule has 1 heterocycles. The van der Waals surface area contributed by atoms with Crippen LogP contribution in [0.4, 0.5) is 0 Å². The van der Waals surface area contributed by atoms with E-state index in [0.717, 1.165) is 32.4 Å². The first-order chi connectivity index (χ1) is 16.7. The van der Waals surface area contributed by atoms with E-state index in [0.29, 0.717) is 31.1 Å². The highest BCUT2D eigenvalue weighted by Gasteiger charge is 2.22. The average molecular weight is 497 g/mol. The molecule has 11 nitrogen and oxygen atoms in total. The number of carbonyl (C=O) groups is 2. The maximum absolute atomic E-state index is 12.6. The van der Waals surface area contributed by atoms with Gasteiger partial charge in [-0.3, -0.25) is 15.0 Å².